The smallest absolute Gasteiger partial charge is 0.269 e. The summed E-state index contributed by atoms with van der Waals surface area (Å²) >= 11 is 0. The first-order valence-corrected chi connectivity index (χ1v) is 6.83. The number of ether oxygens (including phenoxy) is 2. The normalized spacial score (nSPS) is 12.2. The van der Waals surface area contributed by atoms with E-state index in [0.29, 0.717) is 12.2 Å². The molecule has 0 aliphatic carbocycles. The van der Waals surface area contributed by atoms with Crippen LogP contribution in [0, 0.1) is 6.92 Å². The number of hydrogen-bond acceptors (Lipinski definition) is 4. The maximum Gasteiger partial charge on any atom is 0.269 e. The van der Waals surface area contributed by atoms with E-state index in [4.69, 9.17) is 9.47 Å². The van der Waals surface area contributed by atoms with Crippen molar-refractivity contribution in [1.82, 2.24) is 10.3 Å². The summed E-state index contributed by atoms with van der Waals surface area (Å²) in [7, 11) is 0. The van der Waals surface area contributed by atoms with Gasteiger partial charge in [0.1, 0.15) is 5.69 Å². The fraction of sp³-hybridized carbons (Fsp3) is 0.250. The maximum absolute atomic E-state index is 12.0. The summed E-state index contributed by atoms with van der Waals surface area (Å²) in [5.74, 6) is 1.38. The number of carbonyl (C=O) groups excluding carboxylic acids is 1. The number of benzene rings is 1. The average Bonchev–Trinajstić information content (AvgIpc) is 2.94. The maximum atomic E-state index is 12.0. The molecular weight excluding hydrogens is 268 g/mol. The fourth-order valence-corrected chi connectivity index (χ4v) is 2.18. The van der Waals surface area contributed by atoms with Crippen molar-refractivity contribution >= 4 is 5.91 Å². The van der Waals surface area contributed by atoms with Gasteiger partial charge in [-0.25, -0.2) is 4.98 Å². The van der Waals surface area contributed by atoms with Crippen LogP contribution in [0.1, 0.15) is 21.7 Å². The number of nitrogens with one attached hydrogen (secondary N) is 1. The predicted molar refractivity (Wildman–Crippen MR) is 77.6 cm³/mol. The molecule has 0 unspecified atom stereocenters. The van der Waals surface area contributed by atoms with Crippen molar-refractivity contribution in [2.45, 2.75) is 13.3 Å². The number of fused-ring (bicyclic) bond motifs is 1. The van der Waals surface area contributed by atoms with Gasteiger partial charge in [0.25, 0.3) is 5.91 Å². The van der Waals surface area contributed by atoms with Crippen molar-refractivity contribution in [3.63, 3.8) is 0 Å². The Labute approximate surface area is 122 Å². The van der Waals surface area contributed by atoms with Crippen molar-refractivity contribution in [3.05, 3.63) is 53.3 Å². The quantitative estimate of drug-likeness (QED) is 0.934. The molecule has 1 aliphatic heterocycles. The van der Waals surface area contributed by atoms with E-state index in [-0.39, 0.29) is 12.7 Å². The molecule has 2 aromatic rings. The number of nitrogens with zero attached hydrogens (tertiary/aromatic N) is 1. The largest absolute Gasteiger partial charge is 0.454 e. The summed E-state index contributed by atoms with van der Waals surface area (Å²) in [6.07, 6.45) is 0.730. The van der Waals surface area contributed by atoms with Gasteiger partial charge in [-0.15, -0.1) is 0 Å². The summed E-state index contributed by atoms with van der Waals surface area (Å²) in [5, 5.41) is 2.87. The molecule has 1 amide bonds. The highest BCUT2D eigenvalue weighted by Gasteiger charge is 2.13. The van der Waals surface area contributed by atoms with Gasteiger partial charge in [-0.2, -0.15) is 0 Å². The number of aryl methyl sites for hydroxylation is 1. The molecule has 0 radical (unpaired) electrons. The number of pyridine rings is 1. The minimum atomic E-state index is -0.153. The Hall–Kier alpha value is -2.56. The molecule has 1 N–H and O–H groups in total. The lowest BCUT2D eigenvalue weighted by Crippen LogP contribution is -2.26. The Kier molecular flexibility index (Phi) is 3.73. The molecule has 0 fully saturated rings. The highest BCUT2D eigenvalue weighted by atomic mass is 16.7. The number of aromatic nitrogens is 1. The van der Waals surface area contributed by atoms with E-state index in [2.05, 4.69) is 10.3 Å². The van der Waals surface area contributed by atoms with Gasteiger partial charge in [-0.3, -0.25) is 4.79 Å². The van der Waals surface area contributed by atoms with Crippen LogP contribution >= 0.6 is 0 Å². The Morgan fingerprint density at radius 1 is 1.24 bits per heavy atom. The molecule has 3 rings (SSSR count). The van der Waals surface area contributed by atoms with Crippen LogP contribution in [0.2, 0.25) is 0 Å². The van der Waals surface area contributed by atoms with E-state index in [0.717, 1.165) is 29.2 Å². The summed E-state index contributed by atoms with van der Waals surface area (Å²) in [6.45, 7) is 2.69. The molecule has 0 saturated carbocycles. The Morgan fingerprint density at radius 3 is 2.95 bits per heavy atom. The number of carbonyl (C=O) groups is 1. The zero-order chi connectivity index (χ0) is 14.7. The molecular formula is C16H16N2O3. The second-order valence-corrected chi connectivity index (χ2v) is 4.86. The lowest BCUT2D eigenvalue weighted by Gasteiger charge is -2.06. The summed E-state index contributed by atoms with van der Waals surface area (Å²) in [4.78, 5) is 16.2. The SMILES string of the molecule is Cc1cccc(C(=O)NCCc2ccc3c(c2)OCO3)n1. The van der Waals surface area contributed by atoms with E-state index in [1.54, 1.807) is 6.07 Å². The first-order chi connectivity index (χ1) is 10.2. The van der Waals surface area contributed by atoms with Crippen molar-refractivity contribution in [2.24, 2.45) is 0 Å². The molecule has 5 nitrogen and oxygen atoms in total. The minimum absolute atomic E-state index is 0.153. The summed E-state index contributed by atoms with van der Waals surface area (Å²) < 4.78 is 10.6. The molecule has 1 aromatic heterocycles. The van der Waals surface area contributed by atoms with Crippen LogP contribution in [0.25, 0.3) is 0 Å². The van der Waals surface area contributed by atoms with Gasteiger partial charge in [-0.1, -0.05) is 12.1 Å². The molecule has 5 heteroatoms. The first kappa shape index (κ1) is 13.4. The van der Waals surface area contributed by atoms with Gasteiger partial charge in [0.05, 0.1) is 0 Å². The van der Waals surface area contributed by atoms with Crippen LogP contribution in [0.4, 0.5) is 0 Å². The predicted octanol–water partition coefficient (Wildman–Crippen LogP) is 2.09. The van der Waals surface area contributed by atoms with Crippen molar-refractivity contribution in [3.8, 4) is 11.5 Å². The summed E-state index contributed by atoms with van der Waals surface area (Å²) in [6, 6.07) is 11.2. The standard InChI is InChI=1S/C16H16N2O3/c1-11-3-2-4-13(18-11)16(19)17-8-7-12-5-6-14-15(9-12)21-10-20-14/h2-6,9H,7-8,10H2,1H3,(H,17,19). The topological polar surface area (TPSA) is 60.5 Å². The van der Waals surface area contributed by atoms with Gasteiger partial charge >= 0.3 is 0 Å². The van der Waals surface area contributed by atoms with E-state index >= 15 is 0 Å². The van der Waals surface area contributed by atoms with Crippen LogP contribution in [-0.2, 0) is 6.42 Å². The Morgan fingerprint density at radius 2 is 2.10 bits per heavy atom. The lowest BCUT2D eigenvalue weighted by atomic mass is 10.1. The third kappa shape index (κ3) is 3.13. The monoisotopic (exact) mass is 284 g/mol. The zero-order valence-corrected chi connectivity index (χ0v) is 11.8. The van der Waals surface area contributed by atoms with E-state index in [9.17, 15) is 4.79 Å². The number of amides is 1. The highest BCUT2D eigenvalue weighted by molar-refractivity contribution is 5.92. The Balaban J connectivity index is 1.55. The molecule has 0 atom stereocenters. The van der Waals surface area contributed by atoms with Gasteiger partial charge in [0.2, 0.25) is 6.79 Å². The van der Waals surface area contributed by atoms with E-state index < -0.39 is 0 Å². The van der Waals surface area contributed by atoms with Crippen molar-refractivity contribution in [1.29, 1.82) is 0 Å². The van der Waals surface area contributed by atoms with Gasteiger partial charge in [-0.05, 0) is 43.2 Å². The highest BCUT2D eigenvalue weighted by Crippen LogP contribution is 2.32. The molecule has 21 heavy (non-hydrogen) atoms. The third-order valence-electron chi connectivity index (χ3n) is 3.26. The second kappa shape index (κ2) is 5.83. The van der Waals surface area contributed by atoms with E-state index in [1.165, 1.54) is 0 Å². The fourth-order valence-electron chi connectivity index (χ4n) is 2.18. The molecule has 1 aliphatic rings. The van der Waals surface area contributed by atoms with Crippen LogP contribution in [0.15, 0.2) is 36.4 Å². The first-order valence-electron chi connectivity index (χ1n) is 6.83. The molecule has 0 bridgehead atoms. The van der Waals surface area contributed by atoms with Crippen LogP contribution < -0.4 is 14.8 Å². The minimum Gasteiger partial charge on any atom is -0.454 e. The van der Waals surface area contributed by atoms with Crippen molar-refractivity contribution in [2.75, 3.05) is 13.3 Å². The molecule has 2 heterocycles. The second-order valence-electron chi connectivity index (χ2n) is 4.86. The van der Waals surface area contributed by atoms with Gasteiger partial charge in [0, 0.05) is 12.2 Å². The van der Waals surface area contributed by atoms with Crippen LogP contribution in [-0.4, -0.2) is 24.2 Å². The molecule has 1 aromatic carbocycles. The van der Waals surface area contributed by atoms with E-state index in [1.807, 2.05) is 37.3 Å². The van der Waals surface area contributed by atoms with Gasteiger partial charge < -0.3 is 14.8 Å². The third-order valence-corrected chi connectivity index (χ3v) is 3.26. The zero-order valence-electron chi connectivity index (χ0n) is 11.8. The lowest BCUT2D eigenvalue weighted by molar-refractivity contribution is 0.0949. The van der Waals surface area contributed by atoms with Gasteiger partial charge in [0.15, 0.2) is 11.5 Å². The number of rotatable bonds is 4. The molecule has 108 valence electrons. The summed E-state index contributed by atoms with van der Waals surface area (Å²) in [5.41, 5.74) is 2.37. The van der Waals surface area contributed by atoms with Crippen LogP contribution in [0.3, 0.4) is 0 Å². The molecule has 0 spiro atoms. The Bertz CT molecular complexity index is 670. The van der Waals surface area contributed by atoms with Crippen molar-refractivity contribution < 1.29 is 14.3 Å². The molecule has 0 saturated heterocycles. The number of hydrogen-bond donors (Lipinski definition) is 1. The van der Waals surface area contributed by atoms with Crippen LogP contribution in [0.5, 0.6) is 11.5 Å². The average molecular weight is 284 g/mol.